The van der Waals surface area contributed by atoms with Crippen LogP contribution in [0.25, 0.3) is 0 Å². The Morgan fingerprint density at radius 3 is 2.86 bits per heavy atom. The zero-order chi connectivity index (χ0) is 20.4. The van der Waals surface area contributed by atoms with Crippen molar-refractivity contribution < 1.29 is 19.1 Å². The van der Waals surface area contributed by atoms with E-state index in [0.717, 1.165) is 24.4 Å². The van der Waals surface area contributed by atoms with Crippen LogP contribution in [-0.4, -0.2) is 51.4 Å². The van der Waals surface area contributed by atoms with Crippen LogP contribution in [0, 0.1) is 0 Å². The van der Waals surface area contributed by atoms with Crippen LogP contribution >= 0.6 is 11.6 Å². The molecule has 0 aliphatic carbocycles. The summed E-state index contributed by atoms with van der Waals surface area (Å²) in [4.78, 5) is 28.2. The molecule has 29 heavy (non-hydrogen) atoms. The second kappa shape index (κ2) is 8.21. The standard InChI is InChI=1S/C21H22ClN3O4/c1-28-19-6-5-15(22)12-18(19)24-8-7-16(13-24)23-20(26)14-3-2-4-17(11-14)25-9-10-29-21(25)27/h2-6,11-12,16H,7-10,13H2,1H3,(H,23,26)/t16-/m1/s1. The van der Waals surface area contributed by atoms with Gasteiger partial charge in [0.25, 0.3) is 5.91 Å². The van der Waals surface area contributed by atoms with Crippen molar-refractivity contribution in [1.29, 1.82) is 0 Å². The predicted molar refractivity (Wildman–Crippen MR) is 111 cm³/mol. The highest BCUT2D eigenvalue weighted by molar-refractivity contribution is 6.31. The van der Waals surface area contributed by atoms with Gasteiger partial charge in [-0.3, -0.25) is 9.69 Å². The maximum absolute atomic E-state index is 12.8. The van der Waals surface area contributed by atoms with Gasteiger partial charge >= 0.3 is 6.09 Å². The van der Waals surface area contributed by atoms with Crippen LogP contribution in [0.5, 0.6) is 5.75 Å². The van der Waals surface area contributed by atoms with Crippen LogP contribution in [0.3, 0.4) is 0 Å². The molecular weight excluding hydrogens is 394 g/mol. The van der Waals surface area contributed by atoms with Gasteiger partial charge in [0.05, 0.1) is 19.3 Å². The van der Waals surface area contributed by atoms with Crippen molar-refractivity contribution >= 4 is 35.0 Å². The van der Waals surface area contributed by atoms with E-state index in [0.29, 0.717) is 36.0 Å². The predicted octanol–water partition coefficient (Wildman–Crippen LogP) is 3.31. The highest BCUT2D eigenvalue weighted by Crippen LogP contribution is 2.33. The first-order valence-corrected chi connectivity index (χ1v) is 9.86. The van der Waals surface area contributed by atoms with E-state index in [1.807, 2.05) is 12.1 Å². The van der Waals surface area contributed by atoms with E-state index in [-0.39, 0.29) is 18.0 Å². The van der Waals surface area contributed by atoms with E-state index in [9.17, 15) is 9.59 Å². The van der Waals surface area contributed by atoms with Gasteiger partial charge in [-0.15, -0.1) is 0 Å². The molecule has 152 valence electrons. The summed E-state index contributed by atoms with van der Waals surface area (Å²) in [6.45, 7) is 2.31. The van der Waals surface area contributed by atoms with Crippen molar-refractivity contribution in [3.05, 3.63) is 53.1 Å². The molecule has 2 amide bonds. The third-order valence-electron chi connectivity index (χ3n) is 5.19. The number of methoxy groups -OCH3 is 1. The number of ether oxygens (including phenoxy) is 2. The summed E-state index contributed by atoms with van der Waals surface area (Å²) >= 11 is 6.14. The molecule has 0 radical (unpaired) electrons. The first-order chi connectivity index (χ1) is 14.0. The minimum Gasteiger partial charge on any atom is -0.495 e. The molecule has 2 aliphatic rings. The highest BCUT2D eigenvalue weighted by Gasteiger charge is 2.27. The maximum Gasteiger partial charge on any atom is 0.414 e. The van der Waals surface area contributed by atoms with Crippen LogP contribution in [0.4, 0.5) is 16.2 Å². The van der Waals surface area contributed by atoms with Crippen LogP contribution in [0.1, 0.15) is 16.8 Å². The molecule has 2 aromatic rings. The number of hydrogen-bond donors (Lipinski definition) is 1. The quantitative estimate of drug-likeness (QED) is 0.811. The molecule has 2 aromatic carbocycles. The SMILES string of the molecule is COc1ccc(Cl)cc1N1CC[C@@H](NC(=O)c2cccc(N3CCOC3=O)c2)C1. The Labute approximate surface area is 174 Å². The van der Waals surface area contributed by atoms with Crippen LogP contribution in [0.2, 0.25) is 5.02 Å². The van der Waals surface area contributed by atoms with Gasteiger partial charge in [-0.1, -0.05) is 17.7 Å². The summed E-state index contributed by atoms with van der Waals surface area (Å²) in [5, 5.41) is 3.73. The van der Waals surface area contributed by atoms with Gasteiger partial charge in [0.2, 0.25) is 0 Å². The lowest BCUT2D eigenvalue weighted by Crippen LogP contribution is -2.37. The molecule has 8 heteroatoms. The van der Waals surface area contributed by atoms with Gasteiger partial charge in [0.15, 0.2) is 0 Å². The maximum atomic E-state index is 12.8. The second-order valence-electron chi connectivity index (χ2n) is 7.04. The largest absolute Gasteiger partial charge is 0.495 e. The molecule has 0 spiro atoms. The minimum atomic E-state index is -0.385. The molecule has 7 nitrogen and oxygen atoms in total. The number of nitrogens with one attached hydrogen (secondary N) is 1. The molecule has 1 atom stereocenters. The zero-order valence-electron chi connectivity index (χ0n) is 16.1. The van der Waals surface area contributed by atoms with Gasteiger partial charge in [-0.2, -0.15) is 0 Å². The summed E-state index contributed by atoms with van der Waals surface area (Å²) in [5.41, 5.74) is 2.10. The summed E-state index contributed by atoms with van der Waals surface area (Å²) in [7, 11) is 1.63. The van der Waals surface area contributed by atoms with E-state index < -0.39 is 0 Å². The topological polar surface area (TPSA) is 71.1 Å². The van der Waals surface area contributed by atoms with Gasteiger partial charge in [-0.25, -0.2) is 4.79 Å². The molecule has 4 rings (SSSR count). The van der Waals surface area contributed by atoms with E-state index >= 15 is 0 Å². The Morgan fingerprint density at radius 1 is 1.24 bits per heavy atom. The van der Waals surface area contributed by atoms with Crippen LogP contribution in [-0.2, 0) is 4.74 Å². The number of rotatable bonds is 5. The summed E-state index contributed by atoms with van der Waals surface area (Å²) in [5.74, 6) is 0.593. The Morgan fingerprint density at radius 2 is 2.10 bits per heavy atom. The lowest BCUT2D eigenvalue weighted by Gasteiger charge is -2.22. The Bertz CT molecular complexity index is 936. The van der Waals surface area contributed by atoms with Crippen molar-refractivity contribution in [2.75, 3.05) is 43.2 Å². The normalized spacial score (nSPS) is 18.7. The molecule has 1 N–H and O–H groups in total. The summed E-state index contributed by atoms with van der Waals surface area (Å²) in [6, 6.07) is 12.6. The fourth-order valence-corrected chi connectivity index (χ4v) is 3.89. The second-order valence-corrected chi connectivity index (χ2v) is 7.47. The fourth-order valence-electron chi connectivity index (χ4n) is 3.72. The number of cyclic esters (lactones) is 1. The average molecular weight is 416 g/mol. The lowest BCUT2D eigenvalue weighted by molar-refractivity contribution is 0.0940. The number of halogens is 1. The Kier molecular flexibility index (Phi) is 5.49. The summed E-state index contributed by atoms with van der Waals surface area (Å²) < 4.78 is 10.4. The van der Waals surface area contributed by atoms with Crippen molar-refractivity contribution in [2.45, 2.75) is 12.5 Å². The minimum absolute atomic E-state index is 0.00611. The molecule has 0 aromatic heterocycles. The first-order valence-electron chi connectivity index (χ1n) is 9.49. The third kappa shape index (κ3) is 4.10. The highest BCUT2D eigenvalue weighted by atomic mass is 35.5. The number of carbonyl (C=O) groups is 2. The van der Waals surface area contributed by atoms with Gasteiger partial charge in [0.1, 0.15) is 12.4 Å². The van der Waals surface area contributed by atoms with E-state index in [4.69, 9.17) is 21.1 Å². The molecule has 0 bridgehead atoms. The zero-order valence-corrected chi connectivity index (χ0v) is 16.8. The molecule has 0 unspecified atom stereocenters. The van der Waals surface area contributed by atoms with Crippen molar-refractivity contribution in [2.24, 2.45) is 0 Å². The number of carbonyl (C=O) groups excluding carboxylic acids is 2. The number of hydrogen-bond acceptors (Lipinski definition) is 5. The third-order valence-corrected chi connectivity index (χ3v) is 5.42. The van der Waals surface area contributed by atoms with Gasteiger partial charge in [0, 0.05) is 35.4 Å². The first kappa shape index (κ1) is 19.4. The van der Waals surface area contributed by atoms with Gasteiger partial charge < -0.3 is 19.7 Å². The monoisotopic (exact) mass is 415 g/mol. The fraction of sp³-hybridized carbons (Fsp3) is 0.333. The smallest absolute Gasteiger partial charge is 0.414 e. The molecule has 0 saturated carbocycles. The van der Waals surface area contributed by atoms with Crippen LogP contribution < -0.4 is 19.9 Å². The van der Waals surface area contributed by atoms with Crippen molar-refractivity contribution in [3.8, 4) is 5.75 Å². The van der Waals surface area contributed by atoms with Gasteiger partial charge in [-0.05, 0) is 42.8 Å². The summed E-state index contributed by atoms with van der Waals surface area (Å²) in [6.07, 6.45) is 0.434. The Hall–Kier alpha value is -2.93. The molecule has 2 heterocycles. The number of benzene rings is 2. The van der Waals surface area contributed by atoms with Crippen molar-refractivity contribution in [1.82, 2.24) is 5.32 Å². The van der Waals surface area contributed by atoms with E-state index in [2.05, 4.69) is 10.2 Å². The molecule has 2 aliphatic heterocycles. The average Bonchev–Trinajstić information content (AvgIpc) is 3.37. The molecular formula is C21H22ClN3O4. The molecule has 2 saturated heterocycles. The Balaban J connectivity index is 1.42. The lowest BCUT2D eigenvalue weighted by atomic mass is 10.1. The van der Waals surface area contributed by atoms with Crippen LogP contribution in [0.15, 0.2) is 42.5 Å². The number of anilines is 2. The van der Waals surface area contributed by atoms with E-state index in [1.165, 1.54) is 4.90 Å². The molecule has 2 fully saturated rings. The number of nitrogens with zero attached hydrogens (tertiary/aromatic N) is 2. The van der Waals surface area contributed by atoms with E-state index in [1.54, 1.807) is 37.4 Å². The number of amides is 2. The van der Waals surface area contributed by atoms with Crippen molar-refractivity contribution in [3.63, 3.8) is 0 Å².